The maximum absolute atomic E-state index is 12.0. The van der Waals surface area contributed by atoms with Gasteiger partial charge in [-0.15, -0.1) is 0 Å². The molecule has 0 aliphatic rings. The van der Waals surface area contributed by atoms with E-state index in [2.05, 4.69) is 11.2 Å². The molecule has 1 radical (unpaired) electrons. The van der Waals surface area contributed by atoms with Crippen molar-refractivity contribution in [2.75, 3.05) is 0 Å². The first-order chi connectivity index (χ1) is 5.25. The van der Waals surface area contributed by atoms with E-state index in [1.807, 2.05) is 0 Å². The van der Waals surface area contributed by atoms with Gasteiger partial charge in [0.2, 0.25) is 0 Å². The quantitative estimate of drug-likeness (QED) is 0.615. The Hall–Kier alpha value is -1.50. The zero-order valence-electron chi connectivity index (χ0n) is 5.38. The molecule has 0 saturated carbocycles. The van der Waals surface area contributed by atoms with Gasteiger partial charge in [0.1, 0.15) is 6.07 Å². The highest BCUT2D eigenvalue weighted by Crippen LogP contribution is 2.20. The number of hydrogen-bond donors (Lipinski definition) is 0. The van der Waals surface area contributed by atoms with Crippen LogP contribution in [-0.4, -0.2) is 4.98 Å². The lowest BCUT2D eigenvalue weighted by Crippen LogP contribution is -1.90. The minimum absolute atomic E-state index is 0.0984. The monoisotopic (exact) mass is 153 g/mol. The minimum atomic E-state index is -2.64. The van der Waals surface area contributed by atoms with Gasteiger partial charge in [-0.2, -0.15) is 5.26 Å². The lowest BCUT2D eigenvalue weighted by molar-refractivity contribution is 0.151. The summed E-state index contributed by atoms with van der Waals surface area (Å²) in [4.78, 5) is 3.42. The minimum Gasteiger partial charge on any atom is -0.253 e. The molecule has 0 aromatic carbocycles. The van der Waals surface area contributed by atoms with E-state index in [1.54, 1.807) is 6.07 Å². The van der Waals surface area contributed by atoms with E-state index in [0.29, 0.717) is 0 Å². The van der Waals surface area contributed by atoms with Gasteiger partial charge in [0.25, 0.3) is 6.43 Å². The van der Waals surface area contributed by atoms with Crippen molar-refractivity contribution in [3.8, 4) is 6.07 Å². The predicted molar refractivity (Wildman–Crippen MR) is 32.7 cm³/mol. The van der Waals surface area contributed by atoms with Gasteiger partial charge in [0, 0.05) is 11.8 Å². The number of nitriles is 1. The van der Waals surface area contributed by atoms with E-state index in [9.17, 15) is 8.78 Å². The highest BCUT2D eigenvalue weighted by molar-refractivity contribution is 5.34. The second-order valence-corrected chi connectivity index (χ2v) is 1.81. The third-order valence-corrected chi connectivity index (χ3v) is 1.15. The molecule has 1 heterocycles. The van der Waals surface area contributed by atoms with Crippen molar-refractivity contribution in [3.63, 3.8) is 0 Å². The molecule has 0 N–H and O–H groups in total. The van der Waals surface area contributed by atoms with Gasteiger partial charge in [0.05, 0.1) is 11.8 Å². The molecule has 0 atom stereocenters. The highest BCUT2D eigenvalue weighted by atomic mass is 19.3. The number of rotatable bonds is 1. The summed E-state index contributed by atoms with van der Waals surface area (Å²) in [7, 11) is 0. The number of halogens is 2. The van der Waals surface area contributed by atoms with Crippen molar-refractivity contribution in [2.45, 2.75) is 6.43 Å². The first kappa shape index (κ1) is 7.61. The predicted octanol–water partition coefficient (Wildman–Crippen LogP) is 1.69. The van der Waals surface area contributed by atoms with Gasteiger partial charge in [-0.25, -0.2) is 8.78 Å². The Morgan fingerprint density at radius 3 is 2.82 bits per heavy atom. The Bertz CT molecular complexity index is 291. The number of aromatic nitrogens is 1. The van der Waals surface area contributed by atoms with Crippen LogP contribution < -0.4 is 0 Å². The SMILES string of the molecule is N#Cc1cn[c]cc1C(F)F. The Balaban J connectivity index is 3.15. The average molecular weight is 153 g/mol. The highest BCUT2D eigenvalue weighted by Gasteiger charge is 2.11. The normalized spacial score (nSPS) is 9.64. The maximum Gasteiger partial charge on any atom is 0.265 e. The Morgan fingerprint density at radius 2 is 2.36 bits per heavy atom. The van der Waals surface area contributed by atoms with Gasteiger partial charge in [-0.05, 0) is 6.07 Å². The summed E-state index contributed by atoms with van der Waals surface area (Å²) in [5.41, 5.74) is -0.416. The fraction of sp³-hybridized carbons (Fsp3) is 0.143. The first-order valence-corrected chi connectivity index (χ1v) is 2.80. The Kier molecular flexibility index (Phi) is 2.12. The largest absolute Gasteiger partial charge is 0.265 e. The van der Waals surface area contributed by atoms with Crippen LogP contribution in [-0.2, 0) is 0 Å². The number of pyridine rings is 1. The van der Waals surface area contributed by atoms with Crippen molar-refractivity contribution in [1.82, 2.24) is 4.98 Å². The molecule has 11 heavy (non-hydrogen) atoms. The van der Waals surface area contributed by atoms with Crippen LogP contribution >= 0.6 is 0 Å². The van der Waals surface area contributed by atoms with Gasteiger partial charge in [-0.3, -0.25) is 4.98 Å². The summed E-state index contributed by atoms with van der Waals surface area (Å²) in [5, 5.41) is 8.33. The van der Waals surface area contributed by atoms with Crippen LogP contribution in [0.25, 0.3) is 0 Å². The van der Waals surface area contributed by atoms with Gasteiger partial charge in [0.15, 0.2) is 0 Å². The lowest BCUT2D eigenvalue weighted by atomic mass is 10.2. The molecule has 0 fully saturated rings. The molecule has 0 amide bonds. The summed E-state index contributed by atoms with van der Waals surface area (Å²) in [6.45, 7) is 0. The molecular weight excluding hydrogens is 150 g/mol. The lowest BCUT2D eigenvalue weighted by Gasteiger charge is -1.98. The van der Waals surface area contributed by atoms with Crippen molar-refractivity contribution in [2.24, 2.45) is 0 Å². The molecule has 0 aliphatic carbocycles. The molecule has 0 unspecified atom stereocenters. The van der Waals surface area contributed by atoms with Crippen LogP contribution in [0.5, 0.6) is 0 Å². The standard InChI is InChI=1S/C7H3F2N2/c8-7(9)6-1-2-11-4-5(6)3-10/h1,4,7H. The number of hydrogen-bond acceptors (Lipinski definition) is 2. The molecule has 0 saturated heterocycles. The zero-order valence-corrected chi connectivity index (χ0v) is 5.38. The van der Waals surface area contributed by atoms with Crippen LogP contribution in [0.3, 0.4) is 0 Å². The molecule has 1 aromatic heterocycles. The molecule has 4 heteroatoms. The number of nitrogens with zero attached hydrogens (tertiary/aromatic N) is 2. The second-order valence-electron chi connectivity index (χ2n) is 1.81. The molecule has 1 rings (SSSR count). The first-order valence-electron chi connectivity index (χ1n) is 2.80. The van der Waals surface area contributed by atoms with Gasteiger partial charge >= 0.3 is 0 Å². The van der Waals surface area contributed by atoms with E-state index in [0.717, 1.165) is 12.3 Å². The van der Waals surface area contributed by atoms with Crippen LogP contribution in [0.2, 0.25) is 0 Å². The summed E-state index contributed by atoms with van der Waals surface area (Å²) < 4.78 is 24.0. The Labute approximate surface area is 62.1 Å². The molecule has 0 aliphatic heterocycles. The third kappa shape index (κ3) is 1.49. The molecule has 1 aromatic rings. The van der Waals surface area contributed by atoms with Crippen LogP contribution in [0.15, 0.2) is 12.3 Å². The third-order valence-electron chi connectivity index (χ3n) is 1.15. The zero-order chi connectivity index (χ0) is 8.27. The van der Waals surface area contributed by atoms with Gasteiger partial charge in [-0.1, -0.05) is 0 Å². The van der Waals surface area contributed by atoms with Crippen LogP contribution in [0, 0.1) is 17.5 Å². The summed E-state index contributed by atoms with van der Waals surface area (Å²) in [5.74, 6) is 0. The smallest absolute Gasteiger partial charge is 0.253 e. The van der Waals surface area contributed by atoms with E-state index in [-0.39, 0.29) is 11.1 Å². The van der Waals surface area contributed by atoms with E-state index < -0.39 is 6.43 Å². The summed E-state index contributed by atoms with van der Waals surface area (Å²) in [6.07, 6.45) is 0.672. The molecule has 2 nitrogen and oxygen atoms in total. The van der Waals surface area contributed by atoms with Crippen LogP contribution in [0.1, 0.15) is 17.6 Å². The van der Waals surface area contributed by atoms with E-state index in [4.69, 9.17) is 5.26 Å². The number of alkyl halides is 2. The Morgan fingerprint density at radius 1 is 1.64 bits per heavy atom. The summed E-state index contributed by atoms with van der Waals surface area (Å²) in [6, 6.07) is 2.63. The molecule has 55 valence electrons. The van der Waals surface area contributed by atoms with Crippen molar-refractivity contribution >= 4 is 0 Å². The average Bonchev–Trinajstić information content (AvgIpc) is 2.04. The second kappa shape index (κ2) is 3.06. The van der Waals surface area contributed by atoms with Crippen molar-refractivity contribution < 1.29 is 8.78 Å². The fourth-order valence-electron chi connectivity index (χ4n) is 0.635. The summed E-state index contributed by atoms with van der Waals surface area (Å²) >= 11 is 0. The van der Waals surface area contributed by atoms with Crippen molar-refractivity contribution in [3.05, 3.63) is 29.6 Å². The maximum atomic E-state index is 12.0. The van der Waals surface area contributed by atoms with Crippen LogP contribution in [0.4, 0.5) is 8.78 Å². The molecular formula is C7H3F2N2. The topological polar surface area (TPSA) is 36.7 Å². The molecule has 0 bridgehead atoms. The van der Waals surface area contributed by atoms with Crippen molar-refractivity contribution in [1.29, 1.82) is 5.26 Å². The van der Waals surface area contributed by atoms with Gasteiger partial charge < -0.3 is 0 Å². The van der Waals surface area contributed by atoms with E-state index in [1.165, 1.54) is 0 Å². The molecule has 0 spiro atoms. The van der Waals surface area contributed by atoms with E-state index >= 15 is 0 Å². The fourth-order valence-corrected chi connectivity index (χ4v) is 0.635.